The van der Waals surface area contributed by atoms with Gasteiger partial charge in [-0.15, -0.1) is 25.7 Å². The van der Waals surface area contributed by atoms with Gasteiger partial charge in [-0.05, 0) is 36.4 Å². The molecule has 106 valence electrons. The molecule has 0 fully saturated rings. The number of esters is 1. The molecule has 0 heterocycles. The zero-order chi connectivity index (χ0) is 16.8. The molecule has 0 atom stereocenters. The van der Waals surface area contributed by atoms with Crippen molar-refractivity contribution in [1.82, 2.24) is 0 Å². The van der Waals surface area contributed by atoms with Crippen LogP contribution in [0.5, 0.6) is 5.75 Å². The van der Waals surface area contributed by atoms with Crippen LogP contribution in [0.4, 0.5) is 0 Å². The monoisotopic (exact) mass is 294 g/mol. The lowest BCUT2D eigenvalue weighted by Crippen LogP contribution is -2.09. The molecular weight excluding hydrogens is 284 g/mol. The van der Waals surface area contributed by atoms with Crippen molar-refractivity contribution in [1.29, 1.82) is 0 Å². The molecule has 2 nitrogen and oxygen atoms in total. The fraction of sp³-hybridized carbons (Fsp3) is 0. The Kier molecular flexibility index (Phi) is 4.55. The van der Waals surface area contributed by atoms with E-state index in [-0.39, 0.29) is 11.3 Å². The average molecular weight is 294 g/mol. The minimum absolute atomic E-state index is 0.252. The van der Waals surface area contributed by atoms with E-state index >= 15 is 0 Å². The maximum atomic E-state index is 12.3. The second kappa shape index (κ2) is 6.74. The van der Waals surface area contributed by atoms with Gasteiger partial charge in [0.05, 0.1) is 5.56 Å². The van der Waals surface area contributed by atoms with Crippen molar-refractivity contribution in [3.05, 3.63) is 64.2 Å². The first kappa shape index (κ1) is 15.5. The summed E-state index contributed by atoms with van der Waals surface area (Å²) in [5, 5.41) is 0. The summed E-state index contributed by atoms with van der Waals surface area (Å²) in [6.07, 6.45) is 21.4. The van der Waals surface area contributed by atoms with Crippen molar-refractivity contribution < 1.29 is 9.53 Å². The van der Waals surface area contributed by atoms with E-state index in [4.69, 9.17) is 30.4 Å². The van der Waals surface area contributed by atoms with E-state index in [2.05, 4.69) is 23.7 Å². The third-order valence-corrected chi connectivity index (χ3v) is 2.95. The van der Waals surface area contributed by atoms with Crippen LogP contribution in [-0.2, 0) is 0 Å². The van der Waals surface area contributed by atoms with Gasteiger partial charge in [0.25, 0.3) is 0 Å². The van der Waals surface area contributed by atoms with Gasteiger partial charge in [-0.25, -0.2) is 4.79 Å². The predicted octanol–water partition coefficient (Wildman–Crippen LogP) is 2.83. The zero-order valence-electron chi connectivity index (χ0n) is 12.1. The molecule has 0 unspecified atom stereocenters. The van der Waals surface area contributed by atoms with Gasteiger partial charge >= 0.3 is 5.97 Å². The van der Waals surface area contributed by atoms with E-state index in [1.165, 1.54) is 12.1 Å². The molecule has 0 spiro atoms. The Morgan fingerprint density at radius 3 is 1.48 bits per heavy atom. The Bertz CT molecular complexity index is 887. The highest BCUT2D eigenvalue weighted by atomic mass is 16.5. The zero-order valence-corrected chi connectivity index (χ0v) is 12.1. The Morgan fingerprint density at radius 2 is 1.09 bits per heavy atom. The molecule has 0 amide bonds. The van der Waals surface area contributed by atoms with Gasteiger partial charge in [0, 0.05) is 22.3 Å². The topological polar surface area (TPSA) is 26.3 Å². The SMILES string of the molecule is C#Cc1cc(C#C)cc(OC(=O)c2cc(C#C)cc(C#C)c2)c1. The van der Waals surface area contributed by atoms with E-state index in [0.29, 0.717) is 22.3 Å². The highest BCUT2D eigenvalue weighted by molar-refractivity contribution is 5.92. The first-order chi connectivity index (χ1) is 11.1. The van der Waals surface area contributed by atoms with Crippen LogP contribution in [0, 0.1) is 49.4 Å². The third-order valence-electron chi connectivity index (χ3n) is 2.95. The van der Waals surface area contributed by atoms with Crippen molar-refractivity contribution in [2.75, 3.05) is 0 Å². The van der Waals surface area contributed by atoms with Crippen LogP contribution in [0.2, 0.25) is 0 Å². The molecular formula is C21H10O2. The molecule has 2 aromatic carbocycles. The molecule has 23 heavy (non-hydrogen) atoms. The molecule has 2 rings (SSSR count). The van der Waals surface area contributed by atoms with E-state index in [1.807, 2.05) is 0 Å². The first-order valence-electron chi connectivity index (χ1n) is 6.48. The van der Waals surface area contributed by atoms with Gasteiger partial charge in [0.1, 0.15) is 5.75 Å². The minimum atomic E-state index is -0.601. The van der Waals surface area contributed by atoms with Crippen LogP contribution in [0.15, 0.2) is 36.4 Å². The number of carbonyl (C=O) groups excluding carboxylic acids is 1. The number of terminal acetylenes is 4. The summed E-state index contributed by atoms with van der Waals surface area (Å²) in [5.74, 6) is 9.44. The molecule has 0 bridgehead atoms. The van der Waals surface area contributed by atoms with Gasteiger partial charge in [-0.3, -0.25) is 0 Å². The van der Waals surface area contributed by atoms with Crippen molar-refractivity contribution in [3.8, 4) is 55.1 Å². The van der Waals surface area contributed by atoms with Gasteiger partial charge in [-0.2, -0.15) is 0 Å². The van der Waals surface area contributed by atoms with Crippen LogP contribution in [-0.4, -0.2) is 5.97 Å². The van der Waals surface area contributed by atoms with Crippen molar-refractivity contribution >= 4 is 5.97 Å². The molecule has 0 aromatic heterocycles. The summed E-state index contributed by atoms with van der Waals surface area (Å²) in [7, 11) is 0. The van der Waals surface area contributed by atoms with Gasteiger partial charge in [0.15, 0.2) is 0 Å². The van der Waals surface area contributed by atoms with Gasteiger partial charge in [0.2, 0.25) is 0 Å². The molecule has 2 heteroatoms. The summed E-state index contributed by atoms with van der Waals surface area (Å²) in [6.45, 7) is 0. The lowest BCUT2D eigenvalue weighted by atomic mass is 10.1. The average Bonchev–Trinajstić information content (AvgIpc) is 2.60. The van der Waals surface area contributed by atoms with E-state index < -0.39 is 5.97 Å². The van der Waals surface area contributed by atoms with Crippen LogP contribution in [0.1, 0.15) is 32.6 Å². The van der Waals surface area contributed by atoms with E-state index in [9.17, 15) is 4.79 Å². The quantitative estimate of drug-likeness (QED) is 0.484. The largest absolute Gasteiger partial charge is 0.423 e. The van der Waals surface area contributed by atoms with Crippen molar-refractivity contribution in [2.45, 2.75) is 0 Å². The Labute approximate surface area is 135 Å². The van der Waals surface area contributed by atoms with Crippen LogP contribution in [0.3, 0.4) is 0 Å². The van der Waals surface area contributed by atoms with Crippen LogP contribution in [0.25, 0.3) is 0 Å². The maximum Gasteiger partial charge on any atom is 0.343 e. The number of hydrogen-bond acceptors (Lipinski definition) is 2. The van der Waals surface area contributed by atoms with E-state index in [0.717, 1.165) is 0 Å². The van der Waals surface area contributed by atoms with Gasteiger partial charge in [-0.1, -0.05) is 23.7 Å². The Hall–Kier alpha value is -3.85. The molecule has 2 aromatic rings. The van der Waals surface area contributed by atoms with Gasteiger partial charge < -0.3 is 4.74 Å². The molecule has 0 saturated carbocycles. The second-order valence-corrected chi connectivity index (χ2v) is 4.51. The van der Waals surface area contributed by atoms with Crippen LogP contribution >= 0.6 is 0 Å². The summed E-state index contributed by atoms with van der Waals surface area (Å²) >= 11 is 0. The molecule has 0 N–H and O–H groups in total. The standard InChI is InChI=1S/C21H10O2/c1-5-15-9-16(6-2)12-19(11-15)21(22)23-20-13-17(7-3)10-18(8-4)14-20/h1-4,9-14H. The highest BCUT2D eigenvalue weighted by Crippen LogP contribution is 2.19. The predicted molar refractivity (Wildman–Crippen MR) is 89.6 cm³/mol. The summed E-state index contributed by atoms with van der Waals surface area (Å²) in [6, 6.07) is 9.42. The molecule has 0 radical (unpaired) electrons. The molecule has 0 aliphatic carbocycles. The first-order valence-corrected chi connectivity index (χ1v) is 6.48. The van der Waals surface area contributed by atoms with E-state index in [1.54, 1.807) is 24.3 Å². The summed E-state index contributed by atoms with van der Waals surface area (Å²) in [4.78, 5) is 12.3. The number of carbonyl (C=O) groups is 1. The fourth-order valence-electron chi connectivity index (χ4n) is 1.90. The van der Waals surface area contributed by atoms with Crippen molar-refractivity contribution in [3.63, 3.8) is 0 Å². The summed E-state index contributed by atoms with van der Waals surface area (Å²) in [5.41, 5.74) is 2.28. The third kappa shape index (κ3) is 3.62. The second-order valence-electron chi connectivity index (χ2n) is 4.51. The molecule has 0 saturated heterocycles. The number of ether oxygens (including phenoxy) is 1. The minimum Gasteiger partial charge on any atom is -0.423 e. The Balaban J connectivity index is 2.38. The number of benzene rings is 2. The Morgan fingerprint density at radius 1 is 0.696 bits per heavy atom. The lowest BCUT2D eigenvalue weighted by molar-refractivity contribution is 0.0734. The maximum absolute atomic E-state index is 12.3. The summed E-state index contributed by atoms with van der Waals surface area (Å²) < 4.78 is 5.32. The van der Waals surface area contributed by atoms with Crippen LogP contribution < -0.4 is 4.74 Å². The molecule has 0 aliphatic heterocycles. The number of hydrogen-bond donors (Lipinski definition) is 0. The fourth-order valence-corrected chi connectivity index (χ4v) is 1.90. The highest BCUT2D eigenvalue weighted by Gasteiger charge is 2.11. The molecule has 0 aliphatic rings. The smallest absolute Gasteiger partial charge is 0.343 e. The van der Waals surface area contributed by atoms with Crippen molar-refractivity contribution in [2.24, 2.45) is 0 Å². The lowest BCUT2D eigenvalue weighted by Gasteiger charge is -2.07. The number of rotatable bonds is 2. The normalized spacial score (nSPS) is 8.87.